The van der Waals surface area contributed by atoms with Crippen LogP contribution in [0, 0.1) is 0 Å². The Balaban J connectivity index is 1.96. The molecule has 0 spiro atoms. The summed E-state index contributed by atoms with van der Waals surface area (Å²) in [6, 6.07) is 12.9. The van der Waals surface area contributed by atoms with Gasteiger partial charge in [0.1, 0.15) is 11.6 Å². The van der Waals surface area contributed by atoms with Crippen LogP contribution in [-0.2, 0) is 9.59 Å². The zero-order valence-electron chi connectivity index (χ0n) is 15.7. The SMILES string of the molecule is CSCC[C@@H](C(=O)N[C@H](C(=O)O)c1ccccc1)n1nnc2ccccc2c1=O. The van der Waals surface area contributed by atoms with Crippen molar-refractivity contribution in [2.45, 2.75) is 18.5 Å². The van der Waals surface area contributed by atoms with Gasteiger partial charge in [0.15, 0.2) is 6.04 Å². The quantitative estimate of drug-likeness (QED) is 0.582. The molecule has 0 aliphatic heterocycles. The number of carbonyl (C=O) groups is 2. The molecule has 1 heterocycles. The number of nitrogens with zero attached hydrogens (tertiary/aromatic N) is 3. The number of aromatic nitrogens is 3. The van der Waals surface area contributed by atoms with Gasteiger partial charge < -0.3 is 10.4 Å². The molecule has 0 aliphatic rings. The maximum atomic E-state index is 13.0. The van der Waals surface area contributed by atoms with E-state index in [1.54, 1.807) is 54.6 Å². The van der Waals surface area contributed by atoms with Crippen LogP contribution < -0.4 is 10.9 Å². The molecule has 29 heavy (non-hydrogen) atoms. The maximum absolute atomic E-state index is 13.0. The first-order chi connectivity index (χ1) is 14.0. The number of hydrogen-bond donors (Lipinski definition) is 2. The Morgan fingerprint density at radius 3 is 2.52 bits per heavy atom. The Labute approximate surface area is 170 Å². The molecule has 2 atom stereocenters. The molecule has 3 rings (SSSR count). The minimum Gasteiger partial charge on any atom is -0.479 e. The van der Waals surface area contributed by atoms with Gasteiger partial charge in [0.25, 0.3) is 5.56 Å². The van der Waals surface area contributed by atoms with Crippen molar-refractivity contribution in [2.75, 3.05) is 12.0 Å². The van der Waals surface area contributed by atoms with Crippen LogP contribution in [0.15, 0.2) is 59.4 Å². The summed E-state index contributed by atoms with van der Waals surface area (Å²) in [5, 5.41) is 20.5. The van der Waals surface area contributed by atoms with Crippen molar-refractivity contribution < 1.29 is 14.7 Å². The van der Waals surface area contributed by atoms with Gasteiger partial charge in [0.05, 0.1) is 5.39 Å². The van der Waals surface area contributed by atoms with E-state index in [4.69, 9.17) is 0 Å². The largest absolute Gasteiger partial charge is 0.479 e. The predicted molar refractivity (Wildman–Crippen MR) is 111 cm³/mol. The van der Waals surface area contributed by atoms with Gasteiger partial charge >= 0.3 is 5.97 Å². The fourth-order valence-electron chi connectivity index (χ4n) is 2.97. The summed E-state index contributed by atoms with van der Waals surface area (Å²) >= 11 is 1.51. The molecule has 1 aromatic heterocycles. The Hall–Kier alpha value is -3.20. The molecule has 150 valence electrons. The van der Waals surface area contributed by atoms with Crippen LogP contribution in [0.1, 0.15) is 24.1 Å². The third-order valence-electron chi connectivity index (χ3n) is 4.45. The van der Waals surface area contributed by atoms with Crippen LogP contribution in [-0.4, -0.2) is 44.0 Å². The first-order valence-electron chi connectivity index (χ1n) is 8.94. The zero-order chi connectivity index (χ0) is 20.8. The Kier molecular flexibility index (Phi) is 6.61. The molecule has 0 radical (unpaired) electrons. The minimum atomic E-state index is -1.23. The van der Waals surface area contributed by atoms with Crippen LogP contribution in [0.5, 0.6) is 0 Å². The molecule has 0 fully saturated rings. The summed E-state index contributed by atoms with van der Waals surface area (Å²) in [6.45, 7) is 0. The minimum absolute atomic E-state index is 0.307. The molecule has 3 aromatic rings. The van der Waals surface area contributed by atoms with Crippen molar-refractivity contribution in [3.63, 3.8) is 0 Å². The highest BCUT2D eigenvalue weighted by atomic mass is 32.2. The van der Waals surface area contributed by atoms with Crippen molar-refractivity contribution in [3.05, 3.63) is 70.5 Å². The number of aliphatic carboxylic acids is 1. The van der Waals surface area contributed by atoms with E-state index in [0.29, 0.717) is 28.6 Å². The highest BCUT2D eigenvalue weighted by molar-refractivity contribution is 7.98. The molecule has 0 bridgehead atoms. The molecule has 9 heteroatoms. The van der Waals surface area contributed by atoms with Crippen molar-refractivity contribution >= 4 is 34.5 Å². The Morgan fingerprint density at radius 1 is 1.14 bits per heavy atom. The van der Waals surface area contributed by atoms with E-state index >= 15 is 0 Å². The van der Waals surface area contributed by atoms with E-state index in [1.807, 2.05) is 6.26 Å². The van der Waals surface area contributed by atoms with Crippen molar-refractivity contribution in [2.24, 2.45) is 0 Å². The number of thioether (sulfide) groups is 1. The second-order valence-electron chi connectivity index (χ2n) is 6.34. The fraction of sp³-hybridized carbons (Fsp3) is 0.250. The van der Waals surface area contributed by atoms with E-state index in [2.05, 4.69) is 15.6 Å². The number of amides is 1. The lowest BCUT2D eigenvalue weighted by Crippen LogP contribution is -2.42. The summed E-state index contributed by atoms with van der Waals surface area (Å²) in [7, 11) is 0. The van der Waals surface area contributed by atoms with Crippen LogP contribution in [0.2, 0.25) is 0 Å². The first kappa shape index (κ1) is 20.5. The topological polar surface area (TPSA) is 114 Å². The van der Waals surface area contributed by atoms with Crippen LogP contribution in [0.25, 0.3) is 10.9 Å². The van der Waals surface area contributed by atoms with Crippen molar-refractivity contribution in [1.82, 2.24) is 20.3 Å². The molecule has 0 saturated heterocycles. The fourth-order valence-corrected chi connectivity index (χ4v) is 3.43. The molecule has 2 aromatic carbocycles. The molecule has 1 amide bonds. The van der Waals surface area contributed by atoms with E-state index < -0.39 is 29.5 Å². The number of carbonyl (C=O) groups excluding carboxylic acids is 1. The van der Waals surface area contributed by atoms with Crippen LogP contribution >= 0.6 is 11.8 Å². The van der Waals surface area contributed by atoms with E-state index in [0.717, 1.165) is 4.68 Å². The second kappa shape index (κ2) is 9.33. The lowest BCUT2D eigenvalue weighted by molar-refractivity contribution is -0.142. The highest BCUT2D eigenvalue weighted by Gasteiger charge is 2.29. The van der Waals surface area contributed by atoms with E-state index in [9.17, 15) is 19.5 Å². The summed E-state index contributed by atoms with van der Waals surface area (Å²) in [5.41, 5.74) is 0.433. The summed E-state index contributed by atoms with van der Waals surface area (Å²) < 4.78 is 1.04. The molecule has 0 saturated carbocycles. The predicted octanol–water partition coefficient (Wildman–Crippen LogP) is 2.03. The first-order valence-corrected chi connectivity index (χ1v) is 10.3. The van der Waals surface area contributed by atoms with Gasteiger partial charge in [-0.05, 0) is 36.1 Å². The smallest absolute Gasteiger partial charge is 0.330 e. The molecule has 0 aliphatic carbocycles. The molecule has 0 unspecified atom stereocenters. The second-order valence-corrected chi connectivity index (χ2v) is 7.33. The Morgan fingerprint density at radius 2 is 1.83 bits per heavy atom. The average Bonchev–Trinajstić information content (AvgIpc) is 2.74. The van der Waals surface area contributed by atoms with Crippen molar-refractivity contribution in [1.29, 1.82) is 0 Å². The lowest BCUT2D eigenvalue weighted by atomic mass is 10.1. The number of benzene rings is 2. The van der Waals surface area contributed by atoms with Gasteiger partial charge in [-0.15, -0.1) is 5.10 Å². The number of fused-ring (bicyclic) bond motifs is 1. The third-order valence-corrected chi connectivity index (χ3v) is 5.10. The Bertz CT molecular complexity index is 1070. The van der Waals surface area contributed by atoms with Gasteiger partial charge in [-0.2, -0.15) is 16.4 Å². The number of rotatable bonds is 8. The van der Waals surface area contributed by atoms with E-state index in [-0.39, 0.29) is 0 Å². The summed E-state index contributed by atoms with van der Waals surface area (Å²) in [6.07, 6.45) is 2.19. The van der Waals surface area contributed by atoms with Crippen LogP contribution in [0.4, 0.5) is 0 Å². The number of carboxylic acid groups (broad SMARTS) is 1. The van der Waals surface area contributed by atoms with Gasteiger partial charge in [-0.1, -0.05) is 47.7 Å². The van der Waals surface area contributed by atoms with Gasteiger partial charge in [-0.3, -0.25) is 9.59 Å². The van der Waals surface area contributed by atoms with Gasteiger partial charge in [-0.25, -0.2) is 4.79 Å². The van der Waals surface area contributed by atoms with Gasteiger partial charge in [0, 0.05) is 0 Å². The molecule has 2 N–H and O–H groups in total. The van der Waals surface area contributed by atoms with Gasteiger partial charge in [0.2, 0.25) is 5.91 Å². The summed E-state index contributed by atoms with van der Waals surface area (Å²) in [5.74, 6) is -1.20. The molecular formula is C20H20N4O4S. The maximum Gasteiger partial charge on any atom is 0.330 e. The standard InChI is InChI=1S/C20H20N4O4S/c1-29-12-11-16(24-19(26)14-9-5-6-10-15(14)22-23-24)18(25)21-17(20(27)28)13-7-3-2-4-8-13/h2-10,16-17H,11-12H2,1H3,(H,21,25)(H,27,28)/t16-,17-/m0/s1. The van der Waals surface area contributed by atoms with Crippen LogP contribution in [0.3, 0.4) is 0 Å². The number of carboxylic acids is 1. The lowest BCUT2D eigenvalue weighted by Gasteiger charge is -2.21. The zero-order valence-corrected chi connectivity index (χ0v) is 16.5. The monoisotopic (exact) mass is 412 g/mol. The number of nitrogens with one attached hydrogen (secondary N) is 1. The third kappa shape index (κ3) is 4.62. The number of hydrogen-bond acceptors (Lipinski definition) is 6. The highest BCUT2D eigenvalue weighted by Crippen LogP contribution is 2.18. The van der Waals surface area contributed by atoms with E-state index in [1.165, 1.54) is 11.8 Å². The molecular weight excluding hydrogens is 392 g/mol. The summed E-state index contributed by atoms with van der Waals surface area (Å²) in [4.78, 5) is 37.6. The average molecular weight is 412 g/mol. The normalized spacial score (nSPS) is 13.0. The van der Waals surface area contributed by atoms with Crippen molar-refractivity contribution in [3.8, 4) is 0 Å². The molecule has 8 nitrogen and oxygen atoms in total.